The second kappa shape index (κ2) is 7.50. The van der Waals surface area contributed by atoms with Crippen molar-refractivity contribution < 1.29 is 14.3 Å². The number of carbonyl (C=O) groups is 2. The predicted molar refractivity (Wildman–Crippen MR) is 79.3 cm³/mol. The molecule has 0 aliphatic heterocycles. The van der Waals surface area contributed by atoms with Gasteiger partial charge in [0.1, 0.15) is 5.57 Å². The number of hydrogen-bond donors (Lipinski definition) is 0. The smallest absolute Gasteiger partial charge is 0.343 e. The highest BCUT2D eigenvalue weighted by Gasteiger charge is 2.16. The number of allylic oxidation sites excluding steroid dienone is 1. The number of ether oxygens (including phenoxy) is 1. The SMILES string of the molecule is COC(=O)/C(=C/N(C)C)C(=O)/C=C/c1ccc(Cl)cc1. The van der Waals surface area contributed by atoms with E-state index in [4.69, 9.17) is 11.6 Å². The van der Waals surface area contributed by atoms with E-state index >= 15 is 0 Å². The van der Waals surface area contributed by atoms with Crippen molar-refractivity contribution in [2.45, 2.75) is 0 Å². The summed E-state index contributed by atoms with van der Waals surface area (Å²) in [5, 5.41) is 0.622. The molecule has 0 atom stereocenters. The van der Waals surface area contributed by atoms with Crippen LogP contribution in [0, 0.1) is 0 Å². The maximum atomic E-state index is 12.0. The highest BCUT2D eigenvalue weighted by Crippen LogP contribution is 2.11. The first-order chi connectivity index (χ1) is 9.43. The number of halogens is 1. The Bertz CT molecular complexity index is 545. The molecule has 0 aromatic heterocycles. The van der Waals surface area contributed by atoms with Gasteiger partial charge in [0.05, 0.1) is 7.11 Å². The molecule has 5 heteroatoms. The first-order valence-corrected chi connectivity index (χ1v) is 6.26. The monoisotopic (exact) mass is 293 g/mol. The van der Waals surface area contributed by atoms with Gasteiger partial charge in [-0.15, -0.1) is 0 Å². The van der Waals surface area contributed by atoms with Crippen molar-refractivity contribution in [1.29, 1.82) is 0 Å². The molecule has 1 rings (SSSR count). The molecular formula is C15H16ClNO3. The van der Waals surface area contributed by atoms with Crippen molar-refractivity contribution in [1.82, 2.24) is 4.90 Å². The van der Waals surface area contributed by atoms with Crippen LogP contribution in [0.1, 0.15) is 5.56 Å². The summed E-state index contributed by atoms with van der Waals surface area (Å²) in [4.78, 5) is 25.2. The summed E-state index contributed by atoms with van der Waals surface area (Å²) < 4.78 is 4.60. The average Bonchev–Trinajstić information content (AvgIpc) is 2.42. The fraction of sp³-hybridized carbons (Fsp3) is 0.200. The van der Waals surface area contributed by atoms with E-state index in [-0.39, 0.29) is 5.57 Å². The van der Waals surface area contributed by atoms with Crippen molar-refractivity contribution in [3.8, 4) is 0 Å². The van der Waals surface area contributed by atoms with Gasteiger partial charge in [-0.1, -0.05) is 29.8 Å². The number of carbonyl (C=O) groups excluding carboxylic acids is 2. The molecule has 0 saturated carbocycles. The Morgan fingerprint density at radius 2 is 1.80 bits per heavy atom. The van der Waals surface area contributed by atoms with Crippen LogP contribution in [0.15, 0.2) is 42.1 Å². The van der Waals surface area contributed by atoms with Crippen LogP contribution in [0.5, 0.6) is 0 Å². The summed E-state index contributed by atoms with van der Waals surface area (Å²) in [5.41, 5.74) is 0.791. The summed E-state index contributed by atoms with van der Waals surface area (Å²) in [7, 11) is 4.68. The van der Waals surface area contributed by atoms with E-state index in [1.165, 1.54) is 19.4 Å². The number of benzene rings is 1. The molecule has 0 fully saturated rings. The van der Waals surface area contributed by atoms with Gasteiger partial charge in [-0.25, -0.2) is 4.79 Å². The third-order valence-electron chi connectivity index (χ3n) is 2.36. The Balaban J connectivity index is 2.91. The summed E-state index contributed by atoms with van der Waals surface area (Å²) in [6, 6.07) is 7.00. The van der Waals surface area contributed by atoms with Crippen molar-refractivity contribution >= 4 is 29.4 Å². The molecular weight excluding hydrogens is 278 g/mol. The zero-order valence-corrected chi connectivity index (χ0v) is 12.3. The lowest BCUT2D eigenvalue weighted by molar-refractivity contribution is -0.137. The van der Waals surface area contributed by atoms with Crippen LogP contribution in [0.25, 0.3) is 6.08 Å². The maximum absolute atomic E-state index is 12.0. The Morgan fingerprint density at radius 3 is 2.30 bits per heavy atom. The molecule has 0 heterocycles. The number of esters is 1. The minimum absolute atomic E-state index is 0.0253. The standard InChI is InChI=1S/C15H16ClNO3/c1-17(2)10-13(15(19)20-3)14(18)9-6-11-4-7-12(16)8-5-11/h4-10H,1-3H3/b9-6+,13-10+. The van der Waals surface area contributed by atoms with Gasteiger partial charge in [0.15, 0.2) is 5.78 Å². The second-order valence-corrected chi connectivity index (χ2v) is 4.68. The average molecular weight is 294 g/mol. The fourth-order valence-electron chi connectivity index (χ4n) is 1.42. The van der Waals surface area contributed by atoms with Crippen LogP contribution < -0.4 is 0 Å². The highest BCUT2D eigenvalue weighted by molar-refractivity contribution is 6.30. The number of rotatable bonds is 5. The molecule has 20 heavy (non-hydrogen) atoms. The lowest BCUT2D eigenvalue weighted by atomic mass is 10.1. The Kier molecular flexibility index (Phi) is 6.00. The van der Waals surface area contributed by atoms with Crippen LogP contribution in [0.3, 0.4) is 0 Å². The van der Waals surface area contributed by atoms with Crippen LogP contribution >= 0.6 is 11.6 Å². The number of methoxy groups -OCH3 is 1. The van der Waals surface area contributed by atoms with Gasteiger partial charge in [0, 0.05) is 25.3 Å². The van der Waals surface area contributed by atoms with Gasteiger partial charge >= 0.3 is 5.97 Å². The van der Waals surface area contributed by atoms with E-state index in [1.54, 1.807) is 49.3 Å². The summed E-state index contributed by atoms with van der Waals surface area (Å²) in [6.45, 7) is 0. The van der Waals surface area contributed by atoms with Crippen molar-refractivity contribution in [3.63, 3.8) is 0 Å². The molecule has 0 spiro atoms. The molecule has 0 amide bonds. The zero-order chi connectivity index (χ0) is 15.1. The van der Waals surface area contributed by atoms with Crippen molar-refractivity contribution in [2.24, 2.45) is 0 Å². The third kappa shape index (κ3) is 4.90. The van der Waals surface area contributed by atoms with E-state index in [0.29, 0.717) is 5.02 Å². The van der Waals surface area contributed by atoms with Gasteiger partial charge in [-0.05, 0) is 23.8 Å². The lowest BCUT2D eigenvalue weighted by Crippen LogP contribution is -2.16. The molecule has 1 aromatic rings. The number of hydrogen-bond acceptors (Lipinski definition) is 4. The van der Waals surface area contributed by atoms with Gasteiger partial charge in [-0.3, -0.25) is 4.79 Å². The normalized spacial score (nSPS) is 11.5. The van der Waals surface area contributed by atoms with Crippen LogP contribution in [-0.2, 0) is 14.3 Å². The molecule has 0 bridgehead atoms. The molecule has 0 radical (unpaired) electrons. The van der Waals surface area contributed by atoms with E-state index < -0.39 is 11.8 Å². The number of ketones is 1. The topological polar surface area (TPSA) is 46.6 Å². The van der Waals surface area contributed by atoms with Gasteiger partial charge in [0.25, 0.3) is 0 Å². The minimum atomic E-state index is -0.663. The molecule has 4 nitrogen and oxygen atoms in total. The third-order valence-corrected chi connectivity index (χ3v) is 2.61. The van der Waals surface area contributed by atoms with Crippen LogP contribution in [-0.4, -0.2) is 37.9 Å². The first kappa shape index (κ1) is 16.0. The molecule has 0 saturated heterocycles. The summed E-state index contributed by atoms with van der Waals surface area (Å²) >= 11 is 5.78. The van der Waals surface area contributed by atoms with Gasteiger partial charge in [0.2, 0.25) is 0 Å². The maximum Gasteiger partial charge on any atom is 0.343 e. The van der Waals surface area contributed by atoms with Crippen LogP contribution in [0.2, 0.25) is 5.02 Å². The zero-order valence-electron chi connectivity index (χ0n) is 11.6. The number of nitrogens with zero attached hydrogens (tertiary/aromatic N) is 1. The summed E-state index contributed by atoms with van der Waals surface area (Å²) in [6.07, 6.45) is 4.38. The Hall–Kier alpha value is -2.07. The van der Waals surface area contributed by atoms with Crippen molar-refractivity contribution in [3.05, 3.63) is 52.7 Å². The van der Waals surface area contributed by atoms with E-state index in [9.17, 15) is 9.59 Å². The molecule has 1 aromatic carbocycles. The van der Waals surface area contributed by atoms with E-state index in [0.717, 1.165) is 5.56 Å². The molecule has 106 valence electrons. The first-order valence-electron chi connectivity index (χ1n) is 5.88. The fourth-order valence-corrected chi connectivity index (χ4v) is 1.55. The van der Waals surface area contributed by atoms with Crippen LogP contribution in [0.4, 0.5) is 0 Å². The Morgan fingerprint density at radius 1 is 1.20 bits per heavy atom. The minimum Gasteiger partial charge on any atom is -0.465 e. The molecule has 0 N–H and O–H groups in total. The molecule has 0 aliphatic rings. The molecule has 0 unspecified atom stereocenters. The highest BCUT2D eigenvalue weighted by atomic mass is 35.5. The Labute approximate surface area is 123 Å². The van der Waals surface area contributed by atoms with E-state index in [2.05, 4.69) is 4.74 Å². The van der Waals surface area contributed by atoms with E-state index in [1.807, 2.05) is 0 Å². The van der Waals surface area contributed by atoms with Gasteiger partial charge in [-0.2, -0.15) is 0 Å². The molecule has 0 aliphatic carbocycles. The quantitative estimate of drug-likeness (QED) is 0.362. The predicted octanol–water partition coefficient (Wildman–Crippen LogP) is 2.54. The van der Waals surface area contributed by atoms with Crippen molar-refractivity contribution in [2.75, 3.05) is 21.2 Å². The largest absolute Gasteiger partial charge is 0.465 e. The lowest BCUT2D eigenvalue weighted by Gasteiger charge is -2.07. The van der Waals surface area contributed by atoms with Gasteiger partial charge < -0.3 is 9.64 Å². The summed E-state index contributed by atoms with van der Waals surface area (Å²) in [5.74, 6) is -1.08. The second-order valence-electron chi connectivity index (χ2n) is 4.25.